The summed E-state index contributed by atoms with van der Waals surface area (Å²) in [5.41, 5.74) is 7.13. The minimum atomic E-state index is -0.143. The number of thiophene rings is 1. The van der Waals surface area contributed by atoms with Gasteiger partial charge < -0.3 is 5.73 Å². The highest BCUT2D eigenvalue weighted by Gasteiger charge is 2.19. The summed E-state index contributed by atoms with van der Waals surface area (Å²) in [4.78, 5) is 14.5. The number of aryl methyl sites for hydroxylation is 2. The molecule has 0 amide bonds. The van der Waals surface area contributed by atoms with Crippen LogP contribution < -0.4 is 5.73 Å². The molecule has 18 heavy (non-hydrogen) atoms. The normalized spacial score (nSPS) is 10.7. The van der Waals surface area contributed by atoms with E-state index in [9.17, 15) is 4.79 Å². The molecule has 0 bridgehead atoms. The topological polar surface area (TPSA) is 43.1 Å². The molecule has 0 radical (unpaired) electrons. The average molecular weight is 300 g/mol. The monoisotopic (exact) mass is 299 g/mol. The summed E-state index contributed by atoms with van der Waals surface area (Å²) in [5, 5.41) is 0.545. The molecule has 1 aromatic carbocycles. The Labute approximate surface area is 119 Å². The van der Waals surface area contributed by atoms with E-state index in [0.717, 1.165) is 9.75 Å². The predicted octanol–water partition coefficient (Wildman–Crippen LogP) is 4.48. The van der Waals surface area contributed by atoms with E-state index in [1.165, 1.54) is 6.07 Å². The molecule has 0 aliphatic rings. The van der Waals surface area contributed by atoms with Crippen LogP contribution >= 0.6 is 34.5 Å². The Morgan fingerprint density at radius 2 is 1.83 bits per heavy atom. The van der Waals surface area contributed by atoms with E-state index < -0.39 is 0 Å². The van der Waals surface area contributed by atoms with Crippen LogP contribution in [0.4, 0.5) is 5.69 Å². The van der Waals surface area contributed by atoms with Crippen LogP contribution in [0.3, 0.4) is 0 Å². The van der Waals surface area contributed by atoms with Crippen molar-refractivity contribution in [2.45, 2.75) is 13.8 Å². The fourth-order valence-electron chi connectivity index (χ4n) is 1.78. The second kappa shape index (κ2) is 4.92. The van der Waals surface area contributed by atoms with Crippen LogP contribution in [0.1, 0.15) is 25.7 Å². The van der Waals surface area contributed by atoms with Gasteiger partial charge in [-0.3, -0.25) is 4.79 Å². The standard InChI is InChI=1S/C13H11Cl2NOS/c1-6-3-9(7(2)18-6)13(17)10-4-8(16)5-11(14)12(10)15/h3-5H,16H2,1-2H3. The Morgan fingerprint density at radius 1 is 1.17 bits per heavy atom. The summed E-state index contributed by atoms with van der Waals surface area (Å²) in [6.45, 7) is 3.87. The number of hydrogen-bond donors (Lipinski definition) is 1. The molecule has 1 aromatic heterocycles. The van der Waals surface area contributed by atoms with Gasteiger partial charge in [-0.05, 0) is 32.0 Å². The summed E-state index contributed by atoms with van der Waals surface area (Å²) in [6, 6.07) is 4.95. The first-order valence-corrected chi connectivity index (χ1v) is 6.83. The van der Waals surface area contributed by atoms with Gasteiger partial charge in [0.15, 0.2) is 5.78 Å². The quantitative estimate of drug-likeness (QED) is 0.656. The molecule has 1 heterocycles. The Hall–Kier alpha value is -1.03. The van der Waals surface area contributed by atoms with Crippen molar-refractivity contribution in [2.75, 3.05) is 5.73 Å². The van der Waals surface area contributed by atoms with Gasteiger partial charge in [0, 0.05) is 26.6 Å². The minimum absolute atomic E-state index is 0.143. The van der Waals surface area contributed by atoms with Gasteiger partial charge in [0.1, 0.15) is 0 Å². The lowest BCUT2D eigenvalue weighted by atomic mass is 10.0. The highest BCUT2D eigenvalue weighted by Crippen LogP contribution is 2.32. The van der Waals surface area contributed by atoms with Crippen molar-refractivity contribution in [1.29, 1.82) is 0 Å². The van der Waals surface area contributed by atoms with Gasteiger partial charge in [-0.1, -0.05) is 23.2 Å². The van der Waals surface area contributed by atoms with E-state index in [0.29, 0.717) is 21.8 Å². The highest BCUT2D eigenvalue weighted by atomic mass is 35.5. The van der Waals surface area contributed by atoms with E-state index in [4.69, 9.17) is 28.9 Å². The second-order valence-corrected chi connectivity index (χ2v) is 6.27. The van der Waals surface area contributed by atoms with E-state index in [2.05, 4.69) is 0 Å². The molecule has 0 aliphatic carbocycles. The van der Waals surface area contributed by atoms with E-state index in [1.54, 1.807) is 17.4 Å². The summed E-state index contributed by atoms with van der Waals surface area (Å²) in [7, 11) is 0. The van der Waals surface area contributed by atoms with Crippen LogP contribution in [-0.4, -0.2) is 5.78 Å². The fraction of sp³-hybridized carbons (Fsp3) is 0.154. The number of hydrogen-bond acceptors (Lipinski definition) is 3. The predicted molar refractivity (Wildman–Crippen MR) is 78.1 cm³/mol. The largest absolute Gasteiger partial charge is 0.399 e. The number of nitrogen functional groups attached to an aromatic ring is 1. The molecule has 0 spiro atoms. The maximum atomic E-state index is 12.4. The Bertz CT molecular complexity index is 634. The lowest BCUT2D eigenvalue weighted by Crippen LogP contribution is -2.04. The number of benzene rings is 1. The third-order valence-electron chi connectivity index (χ3n) is 2.58. The third-order valence-corrected chi connectivity index (χ3v) is 4.35. The molecule has 94 valence electrons. The molecule has 0 fully saturated rings. The molecule has 0 aliphatic heterocycles. The molecule has 0 unspecified atom stereocenters. The molecule has 2 N–H and O–H groups in total. The van der Waals surface area contributed by atoms with Gasteiger partial charge in [-0.2, -0.15) is 0 Å². The zero-order valence-electron chi connectivity index (χ0n) is 9.88. The number of carbonyl (C=O) groups is 1. The maximum absolute atomic E-state index is 12.4. The summed E-state index contributed by atoms with van der Waals surface area (Å²) in [5.74, 6) is -0.143. The molecular weight excluding hydrogens is 289 g/mol. The van der Waals surface area contributed by atoms with Crippen LogP contribution in [0.5, 0.6) is 0 Å². The number of halogens is 2. The van der Waals surface area contributed by atoms with Crippen LogP contribution in [0, 0.1) is 13.8 Å². The van der Waals surface area contributed by atoms with Crippen LogP contribution in [0.2, 0.25) is 10.0 Å². The Balaban J connectivity index is 2.56. The van der Waals surface area contributed by atoms with Crippen molar-refractivity contribution in [3.8, 4) is 0 Å². The molecule has 0 atom stereocenters. The zero-order chi connectivity index (χ0) is 13.4. The SMILES string of the molecule is Cc1cc(C(=O)c2cc(N)cc(Cl)c2Cl)c(C)s1. The van der Waals surface area contributed by atoms with Gasteiger partial charge in [0.2, 0.25) is 0 Å². The van der Waals surface area contributed by atoms with Crippen molar-refractivity contribution in [3.05, 3.63) is 49.1 Å². The van der Waals surface area contributed by atoms with Crippen LogP contribution in [-0.2, 0) is 0 Å². The molecule has 0 saturated heterocycles. The minimum Gasteiger partial charge on any atom is -0.399 e. The Kier molecular flexibility index (Phi) is 3.66. The van der Waals surface area contributed by atoms with Gasteiger partial charge >= 0.3 is 0 Å². The van der Waals surface area contributed by atoms with Gasteiger partial charge in [0.05, 0.1) is 10.0 Å². The number of carbonyl (C=O) groups excluding carboxylic acids is 1. The number of ketones is 1. The summed E-state index contributed by atoms with van der Waals surface area (Å²) < 4.78 is 0. The van der Waals surface area contributed by atoms with Crippen molar-refractivity contribution in [3.63, 3.8) is 0 Å². The fourth-order valence-corrected chi connectivity index (χ4v) is 3.12. The molecule has 2 aromatic rings. The highest BCUT2D eigenvalue weighted by molar-refractivity contribution is 7.12. The van der Waals surface area contributed by atoms with Crippen molar-refractivity contribution >= 4 is 46.0 Å². The van der Waals surface area contributed by atoms with Gasteiger partial charge in [0.25, 0.3) is 0 Å². The molecular formula is C13H11Cl2NOS. The van der Waals surface area contributed by atoms with Crippen molar-refractivity contribution < 1.29 is 4.79 Å². The number of nitrogens with two attached hydrogens (primary N) is 1. The van der Waals surface area contributed by atoms with E-state index >= 15 is 0 Å². The lowest BCUT2D eigenvalue weighted by Gasteiger charge is -2.06. The first-order chi connectivity index (χ1) is 8.40. The van der Waals surface area contributed by atoms with E-state index in [1.807, 2.05) is 19.9 Å². The van der Waals surface area contributed by atoms with Crippen LogP contribution in [0.15, 0.2) is 18.2 Å². The zero-order valence-corrected chi connectivity index (χ0v) is 12.2. The molecule has 0 saturated carbocycles. The van der Waals surface area contributed by atoms with Gasteiger partial charge in [-0.15, -0.1) is 11.3 Å². The first kappa shape index (κ1) is 13.4. The summed E-state index contributed by atoms with van der Waals surface area (Å²) in [6.07, 6.45) is 0. The van der Waals surface area contributed by atoms with Crippen molar-refractivity contribution in [2.24, 2.45) is 0 Å². The number of rotatable bonds is 2. The second-order valence-electron chi connectivity index (χ2n) is 4.02. The smallest absolute Gasteiger partial charge is 0.195 e. The maximum Gasteiger partial charge on any atom is 0.195 e. The van der Waals surface area contributed by atoms with Crippen molar-refractivity contribution in [1.82, 2.24) is 0 Å². The molecule has 2 nitrogen and oxygen atoms in total. The molecule has 2 rings (SSSR count). The molecule has 5 heteroatoms. The van der Waals surface area contributed by atoms with Gasteiger partial charge in [-0.25, -0.2) is 0 Å². The third kappa shape index (κ3) is 2.39. The first-order valence-electron chi connectivity index (χ1n) is 5.26. The Morgan fingerprint density at radius 3 is 2.39 bits per heavy atom. The van der Waals surface area contributed by atoms with Crippen LogP contribution in [0.25, 0.3) is 0 Å². The van der Waals surface area contributed by atoms with E-state index in [-0.39, 0.29) is 10.8 Å². The number of anilines is 1. The summed E-state index contributed by atoms with van der Waals surface area (Å²) >= 11 is 13.6. The average Bonchev–Trinajstić information content (AvgIpc) is 2.62. The lowest BCUT2D eigenvalue weighted by molar-refractivity contribution is 0.103.